The van der Waals surface area contributed by atoms with E-state index in [1.165, 1.54) is 18.2 Å². The molecule has 1 N–H and O–H groups in total. The molecule has 0 radical (unpaired) electrons. The lowest BCUT2D eigenvalue weighted by Crippen LogP contribution is -2.11. The molecule has 2 aromatic carbocycles. The highest BCUT2D eigenvalue weighted by molar-refractivity contribution is 5.93. The van der Waals surface area contributed by atoms with Crippen LogP contribution in [0.5, 0.6) is 5.75 Å². The Kier molecular flexibility index (Phi) is 5.17. The minimum absolute atomic E-state index is 0.0267. The van der Waals surface area contributed by atoms with E-state index in [4.69, 9.17) is 14.3 Å². The van der Waals surface area contributed by atoms with Gasteiger partial charge >= 0.3 is 5.97 Å². The summed E-state index contributed by atoms with van der Waals surface area (Å²) in [5.41, 5.74) is 0.920. The van der Waals surface area contributed by atoms with Crippen molar-refractivity contribution >= 4 is 29.1 Å². The molecule has 0 aliphatic carbocycles. The van der Waals surface area contributed by atoms with Gasteiger partial charge in [0.2, 0.25) is 11.2 Å². The second-order valence-corrected chi connectivity index (χ2v) is 5.73. The summed E-state index contributed by atoms with van der Waals surface area (Å²) in [6, 6.07) is 13.8. The SMILES string of the molecule is CCCOc1c(C=Cc2ccccc2)oc2ccc(C(=O)O)cc2c1=O. The lowest BCUT2D eigenvalue weighted by Gasteiger charge is -2.09. The number of carboxylic acids is 1. The zero-order chi connectivity index (χ0) is 18.5. The van der Waals surface area contributed by atoms with Crippen molar-refractivity contribution in [2.75, 3.05) is 6.61 Å². The molecule has 132 valence electrons. The van der Waals surface area contributed by atoms with E-state index in [1.54, 1.807) is 6.08 Å². The standard InChI is InChI=1S/C21H18O5/c1-2-12-25-20-18(10-8-14-6-4-3-5-7-14)26-17-11-9-15(21(23)24)13-16(17)19(20)22/h3-11,13H,2,12H2,1H3,(H,23,24). The Hall–Kier alpha value is -3.34. The summed E-state index contributed by atoms with van der Waals surface area (Å²) in [6.07, 6.45) is 4.25. The first-order chi connectivity index (χ1) is 12.6. The van der Waals surface area contributed by atoms with Crippen LogP contribution in [-0.4, -0.2) is 17.7 Å². The second-order valence-electron chi connectivity index (χ2n) is 5.73. The van der Waals surface area contributed by atoms with Crippen LogP contribution in [0.25, 0.3) is 23.1 Å². The summed E-state index contributed by atoms with van der Waals surface area (Å²) in [7, 11) is 0. The van der Waals surface area contributed by atoms with Crippen LogP contribution in [-0.2, 0) is 0 Å². The van der Waals surface area contributed by atoms with Crippen molar-refractivity contribution in [1.82, 2.24) is 0 Å². The molecule has 3 rings (SSSR count). The summed E-state index contributed by atoms with van der Waals surface area (Å²) >= 11 is 0. The lowest BCUT2D eigenvalue weighted by molar-refractivity contribution is 0.0697. The van der Waals surface area contributed by atoms with E-state index in [-0.39, 0.29) is 22.1 Å². The number of carboxylic acid groups (broad SMARTS) is 1. The molecule has 0 spiro atoms. The van der Waals surface area contributed by atoms with Gasteiger partial charge in [-0.3, -0.25) is 4.79 Å². The third-order valence-electron chi connectivity index (χ3n) is 3.80. The molecular formula is C21H18O5. The average Bonchev–Trinajstić information content (AvgIpc) is 2.66. The zero-order valence-electron chi connectivity index (χ0n) is 14.3. The molecule has 5 nitrogen and oxygen atoms in total. The topological polar surface area (TPSA) is 76.7 Å². The Morgan fingerprint density at radius 2 is 1.92 bits per heavy atom. The highest BCUT2D eigenvalue weighted by Crippen LogP contribution is 2.24. The van der Waals surface area contributed by atoms with Gasteiger partial charge in [-0.1, -0.05) is 43.3 Å². The largest absolute Gasteiger partial charge is 0.486 e. The maximum absolute atomic E-state index is 12.8. The molecule has 0 unspecified atom stereocenters. The summed E-state index contributed by atoms with van der Waals surface area (Å²) in [4.78, 5) is 24.0. The Balaban J connectivity index is 2.14. The van der Waals surface area contributed by atoms with Crippen LogP contribution in [0, 0.1) is 0 Å². The summed E-state index contributed by atoms with van der Waals surface area (Å²) in [6.45, 7) is 2.30. The van der Waals surface area contributed by atoms with Gasteiger partial charge in [-0.2, -0.15) is 0 Å². The van der Waals surface area contributed by atoms with Crippen LogP contribution in [0.3, 0.4) is 0 Å². The van der Waals surface area contributed by atoms with Crippen molar-refractivity contribution in [1.29, 1.82) is 0 Å². The van der Waals surface area contributed by atoms with Gasteiger partial charge in [0.25, 0.3) is 0 Å². The third-order valence-corrected chi connectivity index (χ3v) is 3.80. The number of hydrogen-bond donors (Lipinski definition) is 1. The number of fused-ring (bicyclic) bond motifs is 1. The van der Waals surface area contributed by atoms with E-state index >= 15 is 0 Å². The monoisotopic (exact) mass is 350 g/mol. The number of carbonyl (C=O) groups is 1. The van der Waals surface area contributed by atoms with Crippen molar-refractivity contribution in [2.45, 2.75) is 13.3 Å². The summed E-state index contributed by atoms with van der Waals surface area (Å²) in [5.74, 6) is -0.702. The molecule has 0 amide bonds. The molecule has 0 aliphatic rings. The molecule has 1 heterocycles. The molecule has 0 fully saturated rings. The van der Waals surface area contributed by atoms with Crippen LogP contribution >= 0.6 is 0 Å². The minimum Gasteiger partial charge on any atom is -0.486 e. The molecule has 0 atom stereocenters. The van der Waals surface area contributed by atoms with Crippen molar-refractivity contribution in [3.8, 4) is 5.75 Å². The number of benzene rings is 2. The first-order valence-corrected chi connectivity index (χ1v) is 8.30. The van der Waals surface area contributed by atoms with Gasteiger partial charge in [0.1, 0.15) is 5.58 Å². The molecule has 26 heavy (non-hydrogen) atoms. The first kappa shape index (κ1) is 17.5. The van der Waals surface area contributed by atoms with Crippen molar-refractivity contribution < 1.29 is 19.1 Å². The molecule has 0 saturated carbocycles. The Morgan fingerprint density at radius 1 is 1.15 bits per heavy atom. The third kappa shape index (κ3) is 3.67. The summed E-state index contributed by atoms with van der Waals surface area (Å²) in [5, 5.41) is 9.32. The van der Waals surface area contributed by atoms with Crippen molar-refractivity contribution in [3.05, 3.63) is 75.6 Å². The first-order valence-electron chi connectivity index (χ1n) is 8.30. The minimum atomic E-state index is -1.10. The maximum Gasteiger partial charge on any atom is 0.335 e. The van der Waals surface area contributed by atoms with Crippen molar-refractivity contribution in [3.63, 3.8) is 0 Å². The number of hydrogen-bond acceptors (Lipinski definition) is 4. The van der Waals surface area contributed by atoms with Gasteiger partial charge in [0.15, 0.2) is 5.76 Å². The number of ether oxygens (including phenoxy) is 1. The predicted molar refractivity (Wildman–Crippen MR) is 101 cm³/mol. The molecule has 3 aromatic rings. The average molecular weight is 350 g/mol. The number of aromatic carboxylic acids is 1. The molecule has 0 bridgehead atoms. The van der Waals surface area contributed by atoms with E-state index in [1.807, 2.05) is 43.3 Å². The van der Waals surface area contributed by atoms with Gasteiger partial charge in [-0.05, 0) is 36.3 Å². The Morgan fingerprint density at radius 3 is 2.62 bits per heavy atom. The Bertz CT molecular complexity index is 1020. The highest BCUT2D eigenvalue weighted by atomic mass is 16.5. The molecule has 5 heteroatoms. The van der Waals surface area contributed by atoms with Crippen LogP contribution in [0.15, 0.2) is 57.7 Å². The molecular weight excluding hydrogens is 332 g/mol. The molecule has 1 aromatic heterocycles. The van der Waals surface area contributed by atoms with Gasteiger partial charge in [0.05, 0.1) is 17.6 Å². The van der Waals surface area contributed by atoms with E-state index in [2.05, 4.69) is 0 Å². The van der Waals surface area contributed by atoms with Crippen LogP contribution in [0.1, 0.15) is 35.0 Å². The second kappa shape index (κ2) is 7.70. The quantitative estimate of drug-likeness (QED) is 0.711. The highest BCUT2D eigenvalue weighted by Gasteiger charge is 2.16. The number of rotatable bonds is 6. The lowest BCUT2D eigenvalue weighted by atomic mass is 10.1. The van der Waals surface area contributed by atoms with Crippen LogP contribution < -0.4 is 10.2 Å². The maximum atomic E-state index is 12.8. The fourth-order valence-corrected chi connectivity index (χ4v) is 2.52. The van der Waals surface area contributed by atoms with E-state index in [0.29, 0.717) is 18.0 Å². The summed E-state index contributed by atoms with van der Waals surface area (Å²) < 4.78 is 11.4. The van der Waals surface area contributed by atoms with Gasteiger partial charge in [0, 0.05) is 0 Å². The van der Waals surface area contributed by atoms with E-state index in [9.17, 15) is 9.59 Å². The predicted octanol–water partition coefficient (Wildman–Crippen LogP) is 4.45. The fourth-order valence-electron chi connectivity index (χ4n) is 2.52. The smallest absolute Gasteiger partial charge is 0.335 e. The van der Waals surface area contributed by atoms with Crippen molar-refractivity contribution in [2.24, 2.45) is 0 Å². The Labute approximate surface area is 150 Å². The normalized spacial score (nSPS) is 11.1. The van der Waals surface area contributed by atoms with E-state index < -0.39 is 5.97 Å². The van der Waals surface area contributed by atoms with E-state index in [0.717, 1.165) is 12.0 Å². The van der Waals surface area contributed by atoms with Crippen LogP contribution in [0.2, 0.25) is 0 Å². The molecule has 0 saturated heterocycles. The van der Waals surface area contributed by atoms with Gasteiger partial charge in [-0.15, -0.1) is 0 Å². The molecule has 0 aliphatic heterocycles. The zero-order valence-corrected chi connectivity index (χ0v) is 14.3. The fraction of sp³-hybridized carbons (Fsp3) is 0.143. The van der Waals surface area contributed by atoms with Crippen LogP contribution in [0.4, 0.5) is 0 Å². The van der Waals surface area contributed by atoms with Gasteiger partial charge in [-0.25, -0.2) is 4.79 Å². The van der Waals surface area contributed by atoms with Gasteiger partial charge < -0.3 is 14.3 Å².